The van der Waals surface area contributed by atoms with Crippen LogP contribution in [-0.4, -0.2) is 54.2 Å². The van der Waals surface area contributed by atoms with Crippen LogP contribution in [-0.2, 0) is 5.60 Å². The summed E-state index contributed by atoms with van der Waals surface area (Å²) in [5.74, 6) is 2.04. The Kier molecular flexibility index (Phi) is 5.16. The summed E-state index contributed by atoms with van der Waals surface area (Å²) < 4.78 is 11.8. The van der Waals surface area contributed by atoms with Gasteiger partial charge in [0.15, 0.2) is 0 Å². The van der Waals surface area contributed by atoms with Gasteiger partial charge in [-0.15, -0.1) is 0 Å². The number of nitrogens with zero attached hydrogens (tertiary/aromatic N) is 3. The number of hydrogen-bond donors (Lipinski definition) is 0. The summed E-state index contributed by atoms with van der Waals surface area (Å²) in [5.41, 5.74) is 1.84. The maximum atomic E-state index is 6.26. The van der Waals surface area contributed by atoms with Crippen LogP contribution in [0, 0.1) is 0 Å². The van der Waals surface area contributed by atoms with Gasteiger partial charge in [0.25, 0.3) is 0 Å². The summed E-state index contributed by atoms with van der Waals surface area (Å²) in [7, 11) is 0. The van der Waals surface area contributed by atoms with E-state index in [4.69, 9.17) is 4.74 Å². The van der Waals surface area contributed by atoms with Crippen LogP contribution in [0.15, 0.2) is 23.1 Å². The molecular weight excluding hydrogens is 373 g/mol. The van der Waals surface area contributed by atoms with Crippen molar-refractivity contribution in [3.8, 4) is 17.0 Å². The topological polar surface area (TPSA) is 38.2 Å². The van der Waals surface area contributed by atoms with Gasteiger partial charge in [0.2, 0.25) is 0 Å². The summed E-state index contributed by atoms with van der Waals surface area (Å²) >= 11 is 1.97. The van der Waals surface area contributed by atoms with Crippen molar-refractivity contribution in [1.82, 2.24) is 14.1 Å². The number of aromatic nitrogens is 2. The molecular formula is C17H23N3OSSe. The molecule has 6 heteroatoms. The average Bonchev–Trinajstić information content (AvgIpc) is 3.02. The van der Waals surface area contributed by atoms with E-state index < -0.39 is 0 Å². The van der Waals surface area contributed by atoms with Gasteiger partial charge in [-0.2, -0.15) is 0 Å². The SMILES string of the molecule is CCN(CC)CCSc1ccc2c(c1)OC(C)(C)c1[se]nnc1-2. The van der Waals surface area contributed by atoms with Crippen LogP contribution in [0.3, 0.4) is 0 Å². The number of ether oxygens (including phenoxy) is 1. The van der Waals surface area contributed by atoms with Gasteiger partial charge < -0.3 is 0 Å². The summed E-state index contributed by atoms with van der Waals surface area (Å²) in [6.07, 6.45) is 0. The molecule has 2 aromatic rings. The Labute approximate surface area is 148 Å². The van der Waals surface area contributed by atoms with E-state index in [-0.39, 0.29) is 20.3 Å². The zero-order valence-corrected chi connectivity index (χ0v) is 16.7. The molecule has 0 atom stereocenters. The van der Waals surface area contributed by atoms with E-state index in [1.807, 2.05) is 11.8 Å². The van der Waals surface area contributed by atoms with Gasteiger partial charge in [-0.1, -0.05) is 0 Å². The average molecular weight is 396 g/mol. The fourth-order valence-electron chi connectivity index (χ4n) is 2.79. The minimum absolute atomic E-state index is 0.0771. The van der Waals surface area contributed by atoms with Crippen molar-refractivity contribution in [2.45, 2.75) is 38.2 Å². The van der Waals surface area contributed by atoms with E-state index in [1.54, 1.807) is 0 Å². The van der Waals surface area contributed by atoms with Gasteiger partial charge in [-0.25, -0.2) is 0 Å². The number of thioether (sulfide) groups is 1. The van der Waals surface area contributed by atoms with Crippen molar-refractivity contribution < 1.29 is 4.74 Å². The Bertz CT molecular complexity index is 682. The minimum atomic E-state index is -0.295. The predicted molar refractivity (Wildman–Crippen MR) is 96.6 cm³/mol. The molecule has 0 saturated carbocycles. The van der Waals surface area contributed by atoms with Crippen LogP contribution in [0.5, 0.6) is 5.75 Å². The fraction of sp³-hybridized carbons (Fsp3) is 0.529. The molecule has 0 radical (unpaired) electrons. The molecule has 0 unspecified atom stereocenters. The Morgan fingerprint density at radius 3 is 2.78 bits per heavy atom. The molecule has 1 aromatic carbocycles. The van der Waals surface area contributed by atoms with Gasteiger partial charge in [-0.05, 0) is 0 Å². The van der Waals surface area contributed by atoms with Gasteiger partial charge in [0, 0.05) is 0 Å². The van der Waals surface area contributed by atoms with E-state index in [9.17, 15) is 0 Å². The fourth-order valence-corrected chi connectivity index (χ4v) is 5.20. The van der Waals surface area contributed by atoms with Crippen LogP contribution in [0.4, 0.5) is 0 Å². The predicted octanol–water partition coefficient (Wildman–Crippen LogP) is 3.26. The van der Waals surface area contributed by atoms with Gasteiger partial charge in [0.05, 0.1) is 0 Å². The summed E-state index contributed by atoms with van der Waals surface area (Å²) in [6, 6.07) is 6.48. The van der Waals surface area contributed by atoms with Crippen molar-refractivity contribution in [1.29, 1.82) is 0 Å². The first-order valence-electron chi connectivity index (χ1n) is 8.06. The molecule has 23 heavy (non-hydrogen) atoms. The summed E-state index contributed by atoms with van der Waals surface area (Å²) in [4.78, 5) is 3.71. The third-order valence-corrected chi connectivity index (χ3v) is 7.32. The van der Waals surface area contributed by atoms with Crippen molar-refractivity contribution in [3.05, 3.63) is 22.6 Å². The first-order valence-corrected chi connectivity index (χ1v) is 10.7. The summed E-state index contributed by atoms with van der Waals surface area (Å²) in [6.45, 7) is 12.0. The molecule has 4 nitrogen and oxygen atoms in total. The number of rotatable bonds is 6. The first-order chi connectivity index (χ1) is 11.0. The summed E-state index contributed by atoms with van der Waals surface area (Å²) in [5, 5.41) is 4.37. The third-order valence-electron chi connectivity index (χ3n) is 4.18. The first kappa shape index (κ1) is 17.0. The molecule has 0 spiro atoms. The molecule has 0 aliphatic carbocycles. The van der Waals surface area contributed by atoms with Crippen molar-refractivity contribution in [3.63, 3.8) is 0 Å². The Balaban J connectivity index is 1.76. The second kappa shape index (κ2) is 6.98. The normalized spacial score (nSPS) is 15.2. The van der Waals surface area contributed by atoms with E-state index in [1.165, 1.54) is 9.33 Å². The van der Waals surface area contributed by atoms with Crippen molar-refractivity contribution in [2.75, 3.05) is 25.4 Å². The monoisotopic (exact) mass is 397 g/mol. The quantitative estimate of drug-likeness (QED) is 0.554. The number of fused-ring (bicyclic) bond motifs is 3. The van der Waals surface area contributed by atoms with Crippen molar-refractivity contribution >= 4 is 26.5 Å². The van der Waals surface area contributed by atoms with E-state index in [0.29, 0.717) is 0 Å². The molecule has 1 aromatic heterocycles. The molecule has 2 heterocycles. The zero-order valence-electron chi connectivity index (χ0n) is 14.1. The molecule has 124 valence electrons. The number of hydrogen-bond acceptors (Lipinski definition) is 5. The van der Waals surface area contributed by atoms with Crippen LogP contribution in [0.2, 0.25) is 0 Å². The van der Waals surface area contributed by atoms with Gasteiger partial charge in [0.1, 0.15) is 0 Å². The molecule has 1 aliphatic heterocycles. The van der Waals surface area contributed by atoms with Crippen LogP contribution < -0.4 is 4.74 Å². The van der Waals surface area contributed by atoms with E-state index in [2.05, 4.69) is 60.0 Å². The molecule has 0 saturated heterocycles. The molecule has 0 bridgehead atoms. The maximum absolute atomic E-state index is 6.26. The Hall–Kier alpha value is -0.811. The third kappa shape index (κ3) is 3.50. The molecule has 0 N–H and O–H groups in total. The standard InChI is InChI=1S/C17H23N3OSSe/c1-5-20(6-2)9-10-22-12-7-8-13-14(11-12)21-17(3,4)16-15(13)18-19-23-16/h7-8,11H,5-6,9-10H2,1-4H3. The molecule has 0 amide bonds. The Morgan fingerprint density at radius 1 is 1.26 bits per heavy atom. The zero-order chi connectivity index (χ0) is 16.4. The van der Waals surface area contributed by atoms with E-state index >= 15 is 0 Å². The van der Waals surface area contributed by atoms with Gasteiger partial charge in [-0.3, -0.25) is 0 Å². The van der Waals surface area contributed by atoms with Crippen molar-refractivity contribution in [2.24, 2.45) is 0 Å². The Morgan fingerprint density at radius 2 is 2.04 bits per heavy atom. The van der Waals surface area contributed by atoms with E-state index in [0.717, 1.165) is 42.4 Å². The second-order valence-corrected chi connectivity index (χ2v) is 8.85. The van der Waals surface area contributed by atoms with Crippen LogP contribution in [0.25, 0.3) is 11.3 Å². The molecule has 3 rings (SSSR count). The van der Waals surface area contributed by atoms with Gasteiger partial charge >= 0.3 is 149 Å². The molecule has 0 fully saturated rings. The van der Waals surface area contributed by atoms with Crippen LogP contribution in [0.1, 0.15) is 32.1 Å². The molecule has 1 aliphatic rings. The van der Waals surface area contributed by atoms with Crippen LogP contribution >= 0.6 is 11.8 Å². The number of benzene rings is 1. The second-order valence-electron chi connectivity index (χ2n) is 6.10.